The van der Waals surface area contributed by atoms with E-state index in [2.05, 4.69) is 50.5 Å². The number of nitrogens with zero attached hydrogens (tertiary/aromatic N) is 5. The van der Waals surface area contributed by atoms with E-state index in [1.807, 2.05) is 18.6 Å². The summed E-state index contributed by atoms with van der Waals surface area (Å²) in [7, 11) is 0. The third-order valence-electron chi connectivity index (χ3n) is 7.26. The summed E-state index contributed by atoms with van der Waals surface area (Å²) in [6, 6.07) is 7.23. The van der Waals surface area contributed by atoms with Crippen molar-refractivity contribution in [2.45, 2.75) is 63.3 Å². The maximum absolute atomic E-state index is 4.83. The Morgan fingerprint density at radius 2 is 2.00 bits per heavy atom. The van der Waals surface area contributed by atoms with Crippen LogP contribution in [0.1, 0.15) is 73.5 Å². The van der Waals surface area contributed by atoms with Gasteiger partial charge in [0, 0.05) is 37.1 Å². The van der Waals surface area contributed by atoms with Crippen LogP contribution in [0.2, 0.25) is 0 Å². The third-order valence-corrected chi connectivity index (χ3v) is 8.41. The highest BCUT2D eigenvalue weighted by Gasteiger charge is 2.26. The first-order chi connectivity index (χ1) is 16.2. The van der Waals surface area contributed by atoms with Gasteiger partial charge in [0.2, 0.25) is 0 Å². The molecule has 3 aromatic heterocycles. The Labute approximate surface area is 199 Å². The third kappa shape index (κ3) is 4.94. The SMILES string of the molecule is CC(c1ccc(N2CCC[C@@H](NCC3CC3)C2)cn1)c1nnc(-c2cncc(C3CC3)c2)s1. The lowest BCUT2D eigenvalue weighted by Gasteiger charge is -2.35. The minimum absolute atomic E-state index is 0.124. The van der Waals surface area contributed by atoms with Gasteiger partial charge in [0.15, 0.2) is 0 Å². The molecule has 2 aliphatic carbocycles. The zero-order chi connectivity index (χ0) is 22.2. The van der Waals surface area contributed by atoms with Gasteiger partial charge in [-0.3, -0.25) is 9.97 Å². The fourth-order valence-corrected chi connectivity index (χ4v) is 5.63. The Kier molecular flexibility index (Phi) is 5.84. The Morgan fingerprint density at radius 1 is 1.09 bits per heavy atom. The highest BCUT2D eigenvalue weighted by molar-refractivity contribution is 7.14. The molecule has 6 nitrogen and oxygen atoms in total. The maximum atomic E-state index is 4.83. The zero-order valence-electron chi connectivity index (χ0n) is 19.3. The molecule has 0 amide bonds. The number of aromatic nitrogens is 4. The van der Waals surface area contributed by atoms with Crippen LogP contribution < -0.4 is 10.2 Å². The Bertz CT molecular complexity index is 1090. The van der Waals surface area contributed by atoms with Gasteiger partial charge in [-0.15, -0.1) is 10.2 Å². The molecule has 1 saturated heterocycles. The molecule has 3 aliphatic rings. The molecule has 0 bridgehead atoms. The van der Waals surface area contributed by atoms with E-state index in [1.165, 1.54) is 56.3 Å². The number of hydrogen-bond donors (Lipinski definition) is 1. The Balaban J connectivity index is 1.11. The average Bonchev–Trinajstić information content (AvgIpc) is 3.81. The van der Waals surface area contributed by atoms with Gasteiger partial charge in [-0.25, -0.2) is 0 Å². The zero-order valence-corrected chi connectivity index (χ0v) is 20.1. The summed E-state index contributed by atoms with van der Waals surface area (Å²) in [4.78, 5) is 11.8. The van der Waals surface area contributed by atoms with Crippen LogP contribution in [0.15, 0.2) is 36.8 Å². The van der Waals surface area contributed by atoms with Crippen LogP contribution in [0.25, 0.3) is 10.6 Å². The minimum atomic E-state index is 0.124. The lowest BCUT2D eigenvalue weighted by atomic mass is 10.0. The van der Waals surface area contributed by atoms with E-state index in [-0.39, 0.29) is 5.92 Å². The molecule has 33 heavy (non-hydrogen) atoms. The topological polar surface area (TPSA) is 66.8 Å². The van der Waals surface area contributed by atoms with Crippen molar-refractivity contribution in [1.82, 2.24) is 25.5 Å². The molecule has 6 rings (SSSR count). The minimum Gasteiger partial charge on any atom is -0.369 e. The normalized spacial score (nSPS) is 21.8. The van der Waals surface area contributed by atoms with E-state index < -0.39 is 0 Å². The molecule has 2 saturated carbocycles. The smallest absolute Gasteiger partial charge is 0.149 e. The van der Waals surface area contributed by atoms with Gasteiger partial charge in [-0.05, 0) is 80.7 Å². The molecule has 1 N–H and O–H groups in total. The standard InChI is InChI=1S/C26H32N6S/c1-17(25-30-31-26(33-25)21-11-20(13-27-14-21)19-6-7-19)24-9-8-23(15-29-24)32-10-2-3-22(16-32)28-12-18-4-5-18/h8-9,11,13-15,17-19,22,28H,2-7,10,12,16H2,1H3/t17?,22-/m1/s1. The monoisotopic (exact) mass is 460 g/mol. The van der Waals surface area contributed by atoms with Crippen LogP contribution >= 0.6 is 11.3 Å². The van der Waals surface area contributed by atoms with Gasteiger partial charge >= 0.3 is 0 Å². The van der Waals surface area contributed by atoms with Crippen LogP contribution in [0.4, 0.5) is 5.69 Å². The van der Waals surface area contributed by atoms with Gasteiger partial charge in [-0.2, -0.15) is 0 Å². The predicted octanol–water partition coefficient (Wildman–Crippen LogP) is 4.99. The second-order valence-corrected chi connectivity index (χ2v) is 11.0. The molecule has 2 atom stereocenters. The van der Waals surface area contributed by atoms with E-state index in [0.717, 1.165) is 40.3 Å². The van der Waals surface area contributed by atoms with Crippen molar-refractivity contribution in [3.8, 4) is 10.6 Å². The second kappa shape index (κ2) is 9.11. The van der Waals surface area contributed by atoms with Crippen molar-refractivity contribution in [2.75, 3.05) is 24.5 Å². The van der Waals surface area contributed by atoms with E-state index in [4.69, 9.17) is 4.98 Å². The summed E-state index contributed by atoms with van der Waals surface area (Å²) in [5.41, 5.74) is 4.68. The molecule has 3 aromatic rings. The lowest BCUT2D eigenvalue weighted by molar-refractivity contribution is 0.416. The van der Waals surface area contributed by atoms with Crippen LogP contribution in [0, 0.1) is 5.92 Å². The van der Waals surface area contributed by atoms with Gasteiger partial charge in [-0.1, -0.05) is 18.3 Å². The molecular formula is C26H32N6S. The molecule has 172 valence electrons. The van der Waals surface area contributed by atoms with E-state index in [9.17, 15) is 0 Å². The molecule has 0 radical (unpaired) electrons. The molecule has 0 aromatic carbocycles. The van der Waals surface area contributed by atoms with Crippen molar-refractivity contribution in [1.29, 1.82) is 0 Å². The number of rotatable bonds is 8. The van der Waals surface area contributed by atoms with Crippen molar-refractivity contribution in [2.24, 2.45) is 5.92 Å². The van der Waals surface area contributed by atoms with E-state index in [0.29, 0.717) is 12.0 Å². The number of piperidine rings is 1. The summed E-state index contributed by atoms with van der Waals surface area (Å²) in [6.45, 7) is 5.56. The Morgan fingerprint density at radius 3 is 2.79 bits per heavy atom. The van der Waals surface area contributed by atoms with E-state index >= 15 is 0 Å². The Hall–Kier alpha value is -2.38. The van der Waals surface area contributed by atoms with Crippen molar-refractivity contribution < 1.29 is 0 Å². The number of pyridine rings is 2. The first-order valence-electron chi connectivity index (χ1n) is 12.5. The molecule has 4 heterocycles. The molecule has 1 aliphatic heterocycles. The van der Waals surface area contributed by atoms with Gasteiger partial charge in [0.25, 0.3) is 0 Å². The molecule has 0 spiro atoms. The summed E-state index contributed by atoms with van der Waals surface area (Å²) in [6.07, 6.45) is 13.8. The summed E-state index contributed by atoms with van der Waals surface area (Å²) in [5.74, 6) is 1.75. The summed E-state index contributed by atoms with van der Waals surface area (Å²) >= 11 is 1.65. The number of hydrogen-bond acceptors (Lipinski definition) is 7. The van der Waals surface area contributed by atoms with Crippen LogP contribution in [-0.4, -0.2) is 45.8 Å². The van der Waals surface area contributed by atoms with Crippen LogP contribution in [-0.2, 0) is 0 Å². The van der Waals surface area contributed by atoms with Crippen LogP contribution in [0.3, 0.4) is 0 Å². The largest absolute Gasteiger partial charge is 0.369 e. The van der Waals surface area contributed by atoms with Gasteiger partial charge in [0.1, 0.15) is 10.0 Å². The van der Waals surface area contributed by atoms with Gasteiger partial charge in [0.05, 0.1) is 23.5 Å². The number of anilines is 1. The second-order valence-electron chi connectivity index (χ2n) is 10.0. The first-order valence-corrected chi connectivity index (χ1v) is 13.3. The van der Waals surface area contributed by atoms with Gasteiger partial charge < -0.3 is 10.2 Å². The molecule has 3 fully saturated rings. The highest BCUT2D eigenvalue weighted by atomic mass is 32.1. The highest BCUT2D eigenvalue weighted by Crippen LogP contribution is 2.41. The summed E-state index contributed by atoms with van der Waals surface area (Å²) < 4.78 is 0. The van der Waals surface area contributed by atoms with Crippen molar-refractivity contribution in [3.63, 3.8) is 0 Å². The average molecular weight is 461 g/mol. The van der Waals surface area contributed by atoms with Crippen LogP contribution in [0.5, 0.6) is 0 Å². The van der Waals surface area contributed by atoms with E-state index in [1.54, 1.807) is 11.3 Å². The maximum Gasteiger partial charge on any atom is 0.149 e. The predicted molar refractivity (Wildman–Crippen MR) is 133 cm³/mol. The molecule has 1 unspecified atom stereocenters. The summed E-state index contributed by atoms with van der Waals surface area (Å²) in [5, 5.41) is 14.7. The fourth-order valence-electron chi connectivity index (χ4n) is 4.74. The first kappa shape index (κ1) is 21.2. The molecule has 7 heteroatoms. The molecular weight excluding hydrogens is 428 g/mol. The number of nitrogens with one attached hydrogen (secondary N) is 1. The van der Waals surface area contributed by atoms with Crippen molar-refractivity contribution in [3.05, 3.63) is 53.1 Å². The fraction of sp³-hybridized carbons (Fsp3) is 0.538. The van der Waals surface area contributed by atoms with Crippen molar-refractivity contribution >= 4 is 17.0 Å². The quantitative estimate of drug-likeness (QED) is 0.511. The lowest BCUT2D eigenvalue weighted by Crippen LogP contribution is -2.46.